The number of nitriles is 3. The Morgan fingerprint density at radius 2 is 1.81 bits per heavy atom. The van der Waals surface area contributed by atoms with Gasteiger partial charge in [0.1, 0.15) is 23.9 Å². The molecule has 26 heavy (non-hydrogen) atoms. The van der Waals surface area contributed by atoms with Gasteiger partial charge in [-0.3, -0.25) is 0 Å². The lowest BCUT2D eigenvalue weighted by atomic mass is 10.0. The molecule has 8 heteroatoms. The molecule has 134 valence electrons. The van der Waals surface area contributed by atoms with E-state index in [1.54, 1.807) is 22.5 Å². The molecule has 1 atom stereocenters. The highest BCUT2D eigenvalue weighted by molar-refractivity contribution is 7.89. The van der Waals surface area contributed by atoms with Crippen LogP contribution in [0, 0.1) is 34.0 Å². The van der Waals surface area contributed by atoms with Gasteiger partial charge >= 0.3 is 0 Å². The Balaban J connectivity index is 2.27. The number of nitrogens with one attached hydrogen (secondary N) is 1. The zero-order chi connectivity index (χ0) is 19.2. The number of piperidine rings is 1. The fourth-order valence-corrected chi connectivity index (χ4v) is 4.74. The fourth-order valence-electron chi connectivity index (χ4n) is 2.97. The van der Waals surface area contributed by atoms with Crippen LogP contribution in [-0.2, 0) is 10.0 Å². The second kappa shape index (κ2) is 8.49. The van der Waals surface area contributed by atoms with E-state index in [2.05, 4.69) is 5.32 Å². The Morgan fingerprint density at radius 1 is 1.15 bits per heavy atom. The molecule has 0 bridgehead atoms. The molecule has 1 aromatic rings. The Labute approximate surface area is 153 Å². The molecular weight excluding hydrogens is 350 g/mol. The molecule has 0 saturated carbocycles. The van der Waals surface area contributed by atoms with Crippen LogP contribution < -0.4 is 5.32 Å². The van der Waals surface area contributed by atoms with E-state index in [1.165, 1.54) is 24.3 Å². The van der Waals surface area contributed by atoms with E-state index in [9.17, 15) is 8.42 Å². The van der Waals surface area contributed by atoms with E-state index in [1.807, 2.05) is 6.92 Å². The molecule has 0 spiro atoms. The number of anilines is 1. The van der Waals surface area contributed by atoms with Crippen molar-refractivity contribution in [2.45, 2.75) is 43.5 Å². The van der Waals surface area contributed by atoms with Gasteiger partial charge in [0.25, 0.3) is 0 Å². The van der Waals surface area contributed by atoms with Crippen molar-refractivity contribution in [2.75, 3.05) is 11.9 Å². The van der Waals surface area contributed by atoms with E-state index in [-0.39, 0.29) is 22.2 Å². The number of hydrogen-bond acceptors (Lipinski definition) is 6. The first-order valence-electron chi connectivity index (χ1n) is 8.31. The predicted molar refractivity (Wildman–Crippen MR) is 95.8 cm³/mol. The average Bonchev–Trinajstić information content (AvgIpc) is 2.68. The number of rotatable bonds is 5. The maximum Gasteiger partial charge on any atom is 0.243 e. The maximum atomic E-state index is 12.9. The van der Waals surface area contributed by atoms with E-state index in [0.29, 0.717) is 12.2 Å². The zero-order valence-corrected chi connectivity index (χ0v) is 15.3. The summed E-state index contributed by atoms with van der Waals surface area (Å²) in [5, 5.41) is 29.4. The first-order chi connectivity index (χ1) is 12.5. The van der Waals surface area contributed by atoms with Crippen LogP contribution in [0.1, 0.15) is 32.6 Å². The molecule has 0 radical (unpaired) electrons. The third kappa shape index (κ3) is 4.03. The van der Waals surface area contributed by atoms with Crippen LogP contribution in [-0.4, -0.2) is 25.3 Å². The molecule has 1 unspecified atom stereocenters. The standard InChI is InChI=1S/C18H19N5O2S/c1-2-16-5-3-4-10-23(16)26(24,25)17-8-6-15(7-9-17)22-18(13-21)14(11-19)12-20/h6-9,16,22H,2-5,10H2,1H3. The third-order valence-corrected chi connectivity index (χ3v) is 6.33. The fraction of sp³-hybridized carbons (Fsp3) is 0.389. The number of allylic oxidation sites excluding steroid dienone is 2. The summed E-state index contributed by atoms with van der Waals surface area (Å²) in [7, 11) is -3.58. The van der Waals surface area contributed by atoms with E-state index in [0.717, 1.165) is 25.7 Å². The summed E-state index contributed by atoms with van der Waals surface area (Å²) in [6, 6.07) is 11.0. The molecule has 0 amide bonds. The van der Waals surface area contributed by atoms with Crippen molar-refractivity contribution in [3.63, 3.8) is 0 Å². The molecule has 2 rings (SSSR count). The number of hydrogen-bond donors (Lipinski definition) is 1. The van der Waals surface area contributed by atoms with Crippen LogP contribution in [0.5, 0.6) is 0 Å². The van der Waals surface area contributed by atoms with Gasteiger partial charge < -0.3 is 5.32 Å². The van der Waals surface area contributed by atoms with E-state index in [4.69, 9.17) is 15.8 Å². The first-order valence-corrected chi connectivity index (χ1v) is 9.75. The van der Waals surface area contributed by atoms with Crippen LogP contribution in [0.25, 0.3) is 0 Å². The van der Waals surface area contributed by atoms with Crippen LogP contribution in [0.15, 0.2) is 40.4 Å². The highest BCUT2D eigenvalue weighted by Gasteiger charge is 2.32. The highest BCUT2D eigenvalue weighted by atomic mass is 32.2. The van der Waals surface area contributed by atoms with Crippen LogP contribution >= 0.6 is 0 Å². The second-order valence-electron chi connectivity index (χ2n) is 5.91. The van der Waals surface area contributed by atoms with Gasteiger partial charge in [0.05, 0.1) is 4.90 Å². The molecule has 1 aliphatic rings. The molecule has 1 aromatic carbocycles. The van der Waals surface area contributed by atoms with Gasteiger partial charge in [0, 0.05) is 18.3 Å². The molecule has 1 heterocycles. The summed E-state index contributed by atoms with van der Waals surface area (Å²) in [4.78, 5) is 0.187. The minimum Gasteiger partial charge on any atom is -0.345 e. The molecule has 1 saturated heterocycles. The van der Waals surface area contributed by atoms with Crippen molar-refractivity contribution in [2.24, 2.45) is 0 Å². The maximum absolute atomic E-state index is 12.9. The van der Waals surface area contributed by atoms with Crippen LogP contribution in [0.2, 0.25) is 0 Å². The third-order valence-electron chi connectivity index (χ3n) is 4.36. The van der Waals surface area contributed by atoms with Gasteiger partial charge in [-0.2, -0.15) is 20.1 Å². The molecule has 1 fully saturated rings. The predicted octanol–water partition coefficient (Wildman–Crippen LogP) is 2.88. The Bertz CT molecular complexity index is 898. The minimum atomic E-state index is -3.58. The van der Waals surface area contributed by atoms with Gasteiger partial charge in [-0.05, 0) is 43.5 Å². The van der Waals surface area contributed by atoms with Gasteiger partial charge in [0.2, 0.25) is 10.0 Å². The normalized spacial score (nSPS) is 17.4. The molecule has 1 aliphatic heterocycles. The van der Waals surface area contributed by atoms with Gasteiger partial charge in [-0.25, -0.2) is 8.42 Å². The number of benzene rings is 1. The van der Waals surface area contributed by atoms with Crippen molar-refractivity contribution in [1.82, 2.24) is 4.31 Å². The summed E-state index contributed by atoms with van der Waals surface area (Å²) in [6.45, 7) is 2.51. The lowest BCUT2D eigenvalue weighted by Crippen LogP contribution is -2.43. The second-order valence-corrected chi connectivity index (χ2v) is 7.80. The minimum absolute atomic E-state index is 0.0218. The summed E-state index contributed by atoms with van der Waals surface area (Å²) < 4.78 is 27.4. The van der Waals surface area contributed by atoms with Gasteiger partial charge in [-0.1, -0.05) is 13.3 Å². The summed E-state index contributed by atoms with van der Waals surface area (Å²) >= 11 is 0. The zero-order valence-electron chi connectivity index (χ0n) is 14.4. The van der Waals surface area contributed by atoms with Crippen LogP contribution in [0.3, 0.4) is 0 Å². The van der Waals surface area contributed by atoms with Crippen molar-refractivity contribution in [3.05, 3.63) is 35.5 Å². The van der Waals surface area contributed by atoms with Crippen molar-refractivity contribution in [3.8, 4) is 18.2 Å². The molecular formula is C18H19N5O2S. The Morgan fingerprint density at radius 3 is 2.35 bits per heavy atom. The largest absolute Gasteiger partial charge is 0.345 e. The van der Waals surface area contributed by atoms with Gasteiger partial charge in [0.15, 0.2) is 5.57 Å². The molecule has 0 aliphatic carbocycles. The topological polar surface area (TPSA) is 121 Å². The number of sulfonamides is 1. The highest BCUT2D eigenvalue weighted by Crippen LogP contribution is 2.27. The van der Waals surface area contributed by atoms with Crippen molar-refractivity contribution >= 4 is 15.7 Å². The summed E-state index contributed by atoms with van der Waals surface area (Å²) in [5.41, 5.74) is -0.0785. The molecule has 0 aromatic heterocycles. The molecule has 1 N–H and O–H groups in total. The quantitative estimate of drug-likeness (QED) is 0.797. The number of nitrogens with zero attached hydrogens (tertiary/aromatic N) is 4. The summed E-state index contributed by atoms with van der Waals surface area (Å²) in [5.74, 6) is 0. The smallest absolute Gasteiger partial charge is 0.243 e. The van der Waals surface area contributed by atoms with Gasteiger partial charge in [-0.15, -0.1) is 0 Å². The monoisotopic (exact) mass is 369 g/mol. The molecule has 7 nitrogen and oxygen atoms in total. The SMILES string of the molecule is CCC1CCCCN1S(=O)(=O)c1ccc(NC(C#N)=C(C#N)C#N)cc1. The van der Waals surface area contributed by atoms with Crippen molar-refractivity contribution < 1.29 is 8.42 Å². The van der Waals surface area contributed by atoms with E-state index < -0.39 is 10.0 Å². The lowest BCUT2D eigenvalue weighted by Gasteiger charge is -2.34. The summed E-state index contributed by atoms with van der Waals surface area (Å²) in [6.07, 6.45) is 3.55. The lowest BCUT2D eigenvalue weighted by molar-refractivity contribution is 0.246. The average molecular weight is 369 g/mol. The Kier molecular flexibility index (Phi) is 6.36. The van der Waals surface area contributed by atoms with Crippen molar-refractivity contribution in [1.29, 1.82) is 15.8 Å². The first kappa shape index (κ1) is 19.5. The van der Waals surface area contributed by atoms with E-state index >= 15 is 0 Å². The Hall–Kier alpha value is -2.86. The van der Waals surface area contributed by atoms with Crippen LogP contribution in [0.4, 0.5) is 5.69 Å².